The van der Waals surface area contributed by atoms with Crippen molar-refractivity contribution in [2.45, 2.75) is 60.7 Å². The molecule has 3 aromatic carbocycles. The molecule has 43 heavy (non-hydrogen) atoms. The van der Waals surface area contributed by atoms with E-state index in [4.69, 9.17) is 10.5 Å². The lowest BCUT2D eigenvalue weighted by Gasteiger charge is -2.41. The summed E-state index contributed by atoms with van der Waals surface area (Å²) < 4.78 is 68.2. The van der Waals surface area contributed by atoms with Crippen LogP contribution in [0.1, 0.15) is 31.2 Å². The van der Waals surface area contributed by atoms with Crippen molar-refractivity contribution in [2.24, 2.45) is 5.73 Å². The fraction of sp³-hybridized carbons (Fsp3) is 0.290. The van der Waals surface area contributed by atoms with E-state index in [-0.39, 0.29) is 23.0 Å². The van der Waals surface area contributed by atoms with Crippen molar-refractivity contribution in [3.63, 3.8) is 0 Å². The normalized spacial score (nSPS) is 21.1. The standard InChI is InChI=1S/C31H29BrF2N4O4S/c32-22-8-6-21(7-9-22)31(33,34)29(30(39)38-24-10-11-25(38)18-23(35)17-24)37-43(40,41)27-13-5-19-15-26(12-4-20(19)16-27)42-28-3-1-2-14-36-28/h1-9,12-16,23-25,29,37H,10-11,17-18,35H2. The third kappa shape index (κ3) is 6.01. The van der Waals surface area contributed by atoms with Gasteiger partial charge in [0.25, 0.3) is 5.92 Å². The van der Waals surface area contributed by atoms with Crippen molar-refractivity contribution in [1.29, 1.82) is 0 Å². The molecule has 3 heterocycles. The number of rotatable bonds is 8. The van der Waals surface area contributed by atoms with Gasteiger partial charge < -0.3 is 15.4 Å². The predicted octanol–water partition coefficient (Wildman–Crippen LogP) is 5.71. The van der Waals surface area contributed by atoms with Crippen LogP contribution in [-0.2, 0) is 20.7 Å². The number of nitrogens with zero attached hydrogens (tertiary/aromatic N) is 2. The summed E-state index contributed by atoms with van der Waals surface area (Å²) in [5, 5.41) is 1.21. The number of hydrogen-bond acceptors (Lipinski definition) is 6. The lowest BCUT2D eigenvalue weighted by molar-refractivity contribution is -0.149. The van der Waals surface area contributed by atoms with Crippen LogP contribution in [0.15, 0.2) is 94.4 Å². The van der Waals surface area contributed by atoms with Gasteiger partial charge in [0.1, 0.15) is 5.75 Å². The van der Waals surface area contributed by atoms with Gasteiger partial charge in [-0.2, -0.15) is 13.5 Å². The molecule has 3 atom stereocenters. The van der Waals surface area contributed by atoms with Crippen molar-refractivity contribution in [2.75, 3.05) is 0 Å². The number of benzene rings is 3. The van der Waals surface area contributed by atoms with Crippen LogP contribution in [0.5, 0.6) is 11.6 Å². The molecule has 2 saturated heterocycles. The molecule has 3 unspecified atom stereocenters. The van der Waals surface area contributed by atoms with Gasteiger partial charge in [0.05, 0.1) is 4.90 Å². The Kier molecular flexibility index (Phi) is 7.97. The van der Waals surface area contributed by atoms with Crippen LogP contribution in [-0.4, -0.2) is 48.4 Å². The van der Waals surface area contributed by atoms with Crippen molar-refractivity contribution >= 4 is 42.6 Å². The second-order valence-electron chi connectivity index (χ2n) is 11.0. The molecule has 3 N–H and O–H groups in total. The Bertz CT molecular complexity index is 1750. The number of carbonyl (C=O) groups excluding carboxylic acids is 1. The van der Waals surface area contributed by atoms with Crippen LogP contribution in [0.25, 0.3) is 10.8 Å². The first-order valence-corrected chi connectivity index (χ1v) is 16.2. The molecule has 4 aromatic rings. The van der Waals surface area contributed by atoms with Gasteiger partial charge in [0.15, 0.2) is 6.04 Å². The summed E-state index contributed by atoms with van der Waals surface area (Å²) in [6.07, 6.45) is 3.86. The van der Waals surface area contributed by atoms with Crippen molar-refractivity contribution in [3.8, 4) is 11.6 Å². The number of piperidine rings is 1. The van der Waals surface area contributed by atoms with E-state index in [1.165, 1.54) is 41.3 Å². The summed E-state index contributed by atoms with van der Waals surface area (Å²) in [5.41, 5.74) is 5.67. The molecule has 8 nitrogen and oxygen atoms in total. The minimum absolute atomic E-state index is 0.129. The SMILES string of the molecule is NC1CC2CCC(C1)N2C(=O)C(NS(=O)(=O)c1ccc2cc(Oc3ccccn3)ccc2c1)C(F)(F)c1ccc(Br)cc1. The van der Waals surface area contributed by atoms with Gasteiger partial charge in [-0.05, 0) is 78.9 Å². The fourth-order valence-corrected chi connectivity index (χ4v) is 7.52. The van der Waals surface area contributed by atoms with E-state index < -0.39 is 33.5 Å². The number of hydrogen-bond donors (Lipinski definition) is 2. The zero-order valence-electron chi connectivity index (χ0n) is 22.9. The van der Waals surface area contributed by atoms with Gasteiger partial charge in [0, 0.05) is 40.4 Å². The van der Waals surface area contributed by atoms with Crippen LogP contribution in [0.4, 0.5) is 8.78 Å². The van der Waals surface area contributed by atoms with E-state index in [9.17, 15) is 13.2 Å². The molecule has 0 aliphatic carbocycles. The number of alkyl halides is 2. The van der Waals surface area contributed by atoms with Gasteiger partial charge in [-0.25, -0.2) is 13.4 Å². The number of nitrogens with two attached hydrogens (primary N) is 1. The summed E-state index contributed by atoms with van der Waals surface area (Å²) in [5.74, 6) is -3.90. The van der Waals surface area contributed by atoms with E-state index in [0.29, 0.717) is 52.6 Å². The minimum Gasteiger partial charge on any atom is -0.439 e. The molecule has 2 aliphatic rings. The third-order valence-electron chi connectivity index (χ3n) is 8.09. The Morgan fingerprint density at radius 2 is 1.67 bits per heavy atom. The molecule has 1 amide bonds. The number of ether oxygens (including phenoxy) is 1. The molecule has 224 valence electrons. The van der Waals surface area contributed by atoms with Gasteiger partial charge in [-0.15, -0.1) is 0 Å². The lowest BCUT2D eigenvalue weighted by atomic mass is 9.95. The molecule has 6 rings (SSSR count). The smallest absolute Gasteiger partial charge is 0.298 e. The first-order chi connectivity index (χ1) is 20.5. The van der Waals surface area contributed by atoms with Crippen LogP contribution < -0.4 is 15.2 Å². The highest BCUT2D eigenvalue weighted by molar-refractivity contribution is 9.10. The van der Waals surface area contributed by atoms with Gasteiger partial charge in [0.2, 0.25) is 21.8 Å². The van der Waals surface area contributed by atoms with Crippen LogP contribution in [0.3, 0.4) is 0 Å². The maximum Gasteiger partial charge on any atom is 0.298 e. The lowest BCUT2D eigenvalue weighted by Crippen LogP contribution is -2.60. The Morgan fingerprint density at radius 3 is 2.35 bits per heavy atom. The third-order valence-corrected chi connectivity index (χ3v) is 10.0. The highest BCUT2D eigenvalue weighted by Gasteiger charge is 2.53. The molecular weight excluding hydrogens is 642 g/mol. The number of aromatic nitrogens is 1. The van der Waals surface area contributed by atoms with Crippen molar-refractivity contribution in [1.82, 2.24) is 14.6 Å². The zero-order valence-corrected chi connectivity index (χ0v) is 25.3. The molecule has 2 aliphatic heterocycles. The molecule has 2 bridgehead atoms. The van der Waals surface area contributed by atoms with Crippen molar-refractivity contribution in [3.05, 3.63) is 95.1 Å². The van der Waals surface area contributed by atoms with E-state index in [1.807, 2.05) is 0 Å². The fourth-order valence-electron chi connectivity index (χ4n) is 6.03. The number of pyridine rings is 1. The molecule has 12 heteroatoms. The number of halogens is 3. The molecule has 2 fully saturated rings. The maximum atomic E-state index is 16.2. The Morgan fingerprint density at radius 1 is 1.00 bits per heavy atom. The number of nitrogens with one attached hydrogen (secondary N) is 1. The second-order valence-corrected chi connectivity index (χ2v) is 13.6. The molecule has 0 spiro atoms. The topological polar surface area (TPSA) is 115 Å². The summed E-state index contributed by atoms with van der Waals surface area (Å²) in [7, 11) is -4.57. The highest BCUT2D eigenvalue weighted by Crippen LogP contribution is 2.40. The largest absolute Gasteiger partial charge is 0.439 e. The Balaban J connectivity index is 1.32. The Hall–Kier alpha value is -3.45. The monoisotopic (exact) mass is 670 g/mol. The van der Waals surface area contributed by atoms with E-state index in [0.717, 1.165) is 0 Å². The Labute approximate surface area is 256 Å². The maximum absolute atomic E-state index is 16.2. The van der Waals surface area contributed by atoms with Crippen molar-refractivity contribution < 1.29 is 26.7 Å². The van der Waals surface area contributed by atoms with Gasteiger partial charge in [-0.1, -0.05) is 46.3 Å². The summed E-state index contributed by atoms with van der Waals surface area (Å²) in [6, 6.07) is 16.7. The number of amides is 1. The summed E-state index contributed by atoms with van der Waals surface area (Å²) >= 11 is 3.24. The number of fused-ring (bicyclic) bond motifs is 3. The highest BCUT2D eigenvalue weighted by atomic mass is 79.9. The predicted molar refractivity (Wildman–Crippen MR) is 161 cm³/mol. The molecule has 0 saturated carbocycles. The van der Waals surface area contributed by atoms with Gasteiger partial charge >= 0.3 is 0 Å². The van der Waals surface area contributed by atoms with E-state index in [1.54, 1.807) is 48.7 Å². The van der Waals surface area contributed by atoms with Crippen LogP contribution >= 0.6 is 15.9 Å². The zero-order chi connectivity index (χ0) is 30.4. The molecule has 0 radical (unpaired) electrons. The average Bonchev–Trinajstić information content (AvgIpc) is 3.26. The summed E-state index contributed by atoms with van der Waals surface area (Å²) in [4.78, 5) is 19.2. The first-order valence-electron chi connectivity index (χ1n) is 13.9. The first kappa shape index (κ1) is 29.6. The molecular formula is C31H29BrF2N4O4S. The van der Waals surface area contributed by atoms with Gasteiger partial charge in [-0.3, -0.25) is 4.79 Å². The molecule has 1 aromatic heterocycles. The quantitative estimate of drug-likeness (QED) is 0.248. The summed E-state index contributed by atoms with van der Waals surface area (Å²) in [6.45, 7) is 0. The van der Waals surface area contributed by atoms with E-state index >= 15 is 8.78 Å². The van der Waals surface area contributed by atoms with E-state index in [2.05, 4.69) is 25.6 Å². The van der Waals surface area contributed by atoms with Crippen LogP contribution in [0.2, 0.25) is 0 Å². The number of sulfonamides is 1. The minimum atomic E-state index is -4.57. The average molecular weight is 672 g/mol. The second kappa shape index (κ2) is 11.6. The number of carbonyl (C=O) groups is 1. The van der Waals surface area contributed by atoms with Crippen LogP contribution in [0, 0.1) is 0 Å².